The van der Waals surface area contributed by atoms with Gasteiger partial charge in [0.15, 0.2) is 5.65 Å². The number of carbonyl (C=O) groups is 2. The first-order valence-corrected chi connectivity index (χ1v) is 10.4. The summed E-state index contributed by atoms with van der Waals surface area (Å²) < 4.78 is 7.27. The molecule has 0 aromatic carbocycles. The van der Waals surface area contributed by atoms with Crippen molar-refractivity contribution in [1.82, 2.24) is 24.4 Å². The zero-order valence-electron chi connectivity index (χ0n) is 17.4. The predicted molar refractivity (Wildman–Crippen MR) is 107 cm³/mol. The van der Waals surface area contributed by atoms with E-state index in [1.807, 2.05) is 37.9 Å². The first-order valence-electron chi connectivity index (χ1n) is 10.4. The van der Waals surface area contributed by atoms with Crippen molar-refractivity contribution in [3.8, 4) is 0 Å². The van der Waals surface area contributed by atoms with E-state index in [1.54, 1.807) is 15.7 Å². The average Bonchev–Trinajstić information content (AvgIpc) is 3.25. The number of pyridine rings is 1. The van der Waals surface area contributed by atoms with Gasteiger partial charge >= 0.3 is 6.09 Å². The van der Waals surface area contributed by atoms with Crippen molar-refractivity contribution in [1.29, 1.82) is 0 Å². The minimum absolute atomic E-state index is 0.0381. The van der Waals surface area contributed by atoms with Crippen molar-refractivity contribution in [3.63, 3.8) is 0 Å². The molecule has 2 aliphatic heterocycles. The van der Waals surface area contributed by atoms with Crippen molar-refractivity contribution in [2.45, 2.75) is 58.1 Å². The van der Waals surface area contributed by atoms with Gasteiger partial charge in [0, 0.05) is 31.7 Å². The third kappa shape index (κ3) is 4.21. The van der Waals surface area contributed by atoms with Gasteiger partial charge in [-0.3, -0.25) is 4.79 Å². The summed E-state index contributed by atoms with van der Waals surface area (Å²) in [6.07, 6.45) is 6.64. The molecule has 0 aliphatic carbocycles. The summed E-state index contributed by atoms with van der Waals surface area (Å²) >= 11 is 0. The third-order valence-electron chi connectivity index (χ3n) is 5.71. The lowest BCUT2D eigenvalue weighted by atomic mass is 9.96. The van der Waals surface area contributed by atoms with Crippen LogP contribution >= 0.6 is 0 Å². The molecule has 2 amide bonds. The van der Waals surface area contributed by atoms with Crippen LogP contribution in [0.5, 0.6) is 0 Å². The zero-order chi connectivity index (χ0) is 20.6. The molecule has 2 aliphatic rings. The Kier molecular flexibility index (Phi) is 5.19. The molecule has 2 atom stereocenters. The van der Waals surface area contributed by atoms with E-state index in [4.69, 9.17) is 4.74 Å². The number of rotatable bonds is 4. The van der Waals surface area contributed by atoms with Gasteiger partial charge in [-0.05, 0) is 58.1 Å². The summed E-state index contributed by atoms with van der Waals surface area (Å²) in [4.78, 5) is 33.2. The van der Waals surface area contributed by atoms with E-state index in [0.29, 0.717) is 19.6 Å². The second kappa shape index (κ2) is 7.65. The monoisotopic (exact) mass is 399 g/mol. The molecule has 29 heavy (non-hydrogen) atoms. The quantitative estimate of drug-likeness (QED) is 0.789. The first kappa shape index (κ1) is 19.7. The molecule has 8 nitrogen and oxygen atoms in total. The molecular weight excluding hydrogens is 370 g/mol. The van der Waals surface area contributed by atoms with Crippen molar-refractivity contribution in [2.75, 3.05) is 19.6 Å². The highest BCUT2D eigenvalue weighted by molar-refractivity contribution is 5.82. The molecule has 4 heterocycles. The van der Waals surface area contributed by atoms with E-state index in [0.717, 1.165) is 36.9 Å². The molecule has 0 radical (unpaired) electrons. The maximum Gasteiger partial charge on any atom is 0.410 e. The highest BCUT2D eigenvalue weighted by Crippen LogP contribution is 2.31. The topological polar surface area (TPSA) is 80.0 Å². The summed E-state index contributed by atoms with van der Waals surface area (Å²) in [5.41, 5.74) is 1.54. The molecule has 2 aromatic rings. The fourth-order valence-corrected chi connectivity index (χ4v) is 4.38. The van der Waals surface area contributed by atoms with Crippen LogP contribution in [-0.4, -0.2) is 67.7 Å². The van der Waals surface area contributed by atoms with E-state index in [-0.39, 0.29) is 24.0 Å². The number of aryl methyl sites for hydroxylation is 1. The van der Waals surface area contributed by atoms with E-state index in [1.165, 1.54) is 0 Å². The van der Waals surface area contributed by atoms with Crippen LogP contribution < -0.4 is 0 Å². The molecule has 2 saturated heterocycles. The molecule has 8 heteroatoms. The Labute approximate surface area is 170 Å². The largest absolute Gasteiger partial charge is 0.444 e. The van der Waals surface area contributed by atoms with Crippen LogP contribution in [0.15, 0.2) is 24.7 Å². The Bertz CT molecular complexity index is 903. The van der Waals surface area contributed by atoms with Crippen LogP contribution in [0.25, 0.3) is 5.65 Å². The number of ether oxygens (including phenoxy) is 1. The molecule has 2 fully saturated rings. The van der Waals surface area contributed by atoms with Crippen molar-refractivity contribution < 1.29 is 14.3 Å². The average molecular weight is 399 g/mol. The molecule has 0 spiro atoms. The Morgan fingerprint density at radius 1 is 1.31 bits per heavy atom. The summed E-state index contributed by atoms with van der Waals surface area (Å²) in [5, 5.41) is 4.17. The first-order chi connectivity index (χ1) is 13.8. The summed E-state index contributed by atoms with van der Waals surface area (Å²) in [7, 11) is 0. The molecule has 0 bridgehead atoms. The number of aromatic nitrogens is 3. The SMILES string of the molecule is CC(C)(C)OC(=O)N1CCN2C(=O)[C@@H](CCCc3cccn4ncnc34)C[C@H]2C1. The van der Waals surface area contributed by atoms with Crippen molar-refractivity contribution in [3.05, 3.63) is 30.2 Å². The van der Waals surface area contributed by atoms with E-state index in [9.17, 15) is 9.59 Å². The second-order valence-corrected chi connectivity index (χ2v) is 9.00. The van der Waals surface area contributed by atoms with Gasteiger partial charge in [0.25, 0.3) is 0 Å². The Morgan fingerprint density at radius 3 is 2.93 bits per heavy atom. The van der Waals surface area contributed by atoms with E-state index >= 15 is 0 Å². The standard InChI is InChI=1S/C21H29N5O3/c1-21(2,3)29-20(28)24-10-11-25-17(13-24)12-16(19(25)27)7-4-6-15-8-5-9-26-18(15)22-14-23-26/h5,8-9,14,16-17H,4,6-7,10-13H2,1-3H3/t16-,17-/m0/s1. The lowest BCUT2D eigenvalue weighted by Gasteiger charge is -2.38. The van der Waals surface area contributed by atoms with Gasteiger partial charge in [-0.2, -0.15) is 5.10 Å². The normalized spacial score (nSPS) is 22.2. The third-order valence-corrected chi connectivity index (χ3v) is 5.71. The lowest BCUT2D eigenvalue weighted by Crippen LogP contribution is -2.54. The second-order valence-electron chi connectivity index (χ2n) is 9.00. The summed E-state index contributed by atoms with van der Waals surface area (Å²) in [6, 6.07) is 4.15. The summed E-state index contributed by atoms with van der Waals surface area (Å²) in [5.74, 6) is 0.274. The minimum Gasteiger partial charge on any atom is -0.444 e. The van der Waals surface area contributed by atoms with Gasteiger partial charge in [0.05, 0.1) is 6.04 Å². The molecule has 4 rings (SSSR count). The van der Waals surface area contributed by atoms with Gasteiger partial charge < -0.3 is 14.5 Å². The van der Waals surface area contributed by atoms with E-state index < -0.39 is 5.60 Å². The summed E-state index contributed by atoms with van der Waals surface area (Å²) in [6.45, 7) is 7.32. The predicted octanol–water partition coefficient (Wildman–Crippen LogP) is 2.52. The van der Waals surface area contributed by atoms with Gasteiger partial charge in [0.1, 0.15) is 11.9 Å². The van der Waals surface area contributed by atoms with Crippen LogP contribution in [0.4, 0.5) is 4.79 Å². The Balaban J connectivity index is 1.31. The number of nitrogens with zero attached hydrogens (tertiary/aromatic N) is 5. The van der Waals surface area contributed by atoms with Crippen LogP contribution in [0.3, 0.4) is 0 Å². The molecule has 0 saturated carbocycles. The van der Waals surface area contributed by atoms with Crippen LogP contribution in [0.1, 0.15) is 45.6 Å². The van der Waals surface area contributed by atoms with Crippen molar-refractivity contribution in [2.24, 2.45) is 5.92 Å². The smallest absolute Gasteiger partial charge is 0.410 e. The highest BCUT2D eigenvalue weighted by atomic mass is 16.6. The maximum absolute atomic E-state index is 12.8. The Morgan fingerprint density at radius 2 is 2.14 bits per heavy atom. The molecule has 0 unspecified atom stereocenters. The number of fused-ring (bicyclic) bond motifs is 2. The fraction of sp³-hybridized carbons (Fsp3) is 0.619. The molecule has 156 valence electrons. The fourth-order valence-electron chi connectivity index (χ4n) is 4.38. The van der Waals surface area contributed by atoms with Gasteiger partial charge in [0.2, 0.25) is 5.91 Å². The van der Waals surface area contributed by atoms with Gasteiger partial charge in [-0.1, -0.05) is 6.07 Å². The van der Waals surface area contributed by atoms with Crippen molar-refractivity contribution >= 4 is 17.6 Å². The maximum atomic E-state index is 12.8. The number of carbonyl (C=O) groups excluding carboxylic acids is 2. The molecule has 0 N–H and O–H groups in total. The minimum atomic E-state index is -0.504. The van der Waals surface area contributed by atoms with E-state index in [2.05, 4.69) is 16.1 Å². The Hall–Kier alpha value is -2.64. The highest BCUT2D eigenvalue weighted by Gasteiger charge is 2.43. The number of hydrogen-bond donors (Lipinski definition) is 0. The molecular formula is C21H29N5O3. The number of piperazine rings is 1. The lowest BCUT2D eigenvalue weighted by molar-refractivity contribution is -0.133. The van der Waals surface area contributed by atoms with Crippen LogP contribution in [-0.2, 0) is 16.0 Å². The van der Waals surface area contributed by atoms with Crippen LogP contribution in [0, 0.1) is 5.92 Å². The number of amides is 2. The van der Waals surface area contributed by atoms with Gasteiger partial charge in [-0.25, -0.2) is 14.3 Å². The van der Waals surface area contributed by atoms with Gasteiger partial charge in [-0.15, -0.1) is 0 Å². The molecule has 2 aromatic heterocycles. The zero-order valence-corrected chi connectivity index (χ0v) is 17.4. The van der Waals surface area contributed by atoms with Crippen LogP contribution in [0.2, 0.25) is 0 Å². The number of hydrogen-bond acceptors (Lipinski definition) is 5.